The predicted octanol–water partition coefficient (Wildman–Crippen LogP) is 7.07. The summed E-state index contributed by atoms with van der Waals surface area (Å²) in [5.41, 5.74) is 8.03. The summed E-state index contributed by atoms with van der Waals surface area (Å²) in [6.07, 6.45) is 1.85. The zero-order valence-corrected chi connectivity index (χ0v) is 18.6. The van der Waals surface area contributed by atoms with Crippen LogP contribution in [0.25, 0.3) is 0 Å². The van der Waals surface area contributed by atoms with E-state index in [1.807, 2.05) is 18.3 Å². The first kappa shape index (κ1) is 21.2. The number of hydrogen-bond acceptors (Lipinski definition) is 1. The minimum Gasteiger partial charge on any atom is -0.271 e. The van der Waals surface area contributed by atoms with E-state index >= 15 is 0 Å². The summed E-state index contributed by atoms with van der Waals surface area (Å²) in [4.78, 5) is 4.87. The fourth-order valence-corrected chi connectivity index (χ4v) is 9.52. The Labute approximate surface area is 167 Å². The number of benzene rings is 2. The highest BCUT2D eigenvalue weighted by Crippen LogP contribution is 2.40. The van der Waals surface area contributed by atoms with Crippen LogP contribution >= 0.6 is 0 Å². The molecule has 0 aliphatic rings. The summed E-state index contributed by atoms with van der Waals surface area (Å²) in [5.74, 6) is 3.36. The van der Waals surface area contributed by atoms with Crippen molar-refractivity contribution in [2.75, 3.05) is 0 Å². The molecule has 0 saturated heterocycles. The molecule has 0 saturated carbocycles. The molecular weight excluding hydrogens is 342 g/mol. The molecule has 0 spiro atoms. The molecule has 0 heterocycles. The van der Waals surface area contributed by atoms with Crippen LogP contribution in [0.15, 0.2) is 65.7 Å². The first-order valence-corrected chi connectivity index (χ1v) is 12.3. The quantitative estimate of drug-likeness (QED) is 0.291. The minimum absolute atomic E-state index is 0.00471. The van der Waals surface area contributed by atoms with Crippen molar-refractivity contribution >= 4 is 14.3 Å². The minimum atomic E-state index is -1.71. The molecule has 0 aliphatic carbocycles. The van der Waals surface area contributed by atoms with Crippen molar-refractivity contribution < 1.29 is 0 Å². The Kier molecular flexibility index (Phi) is 7.62. The zero-order valence-electron chi connectivity index (χ0n) is 17.6. The van der Waals surface area contributed by atoms with Gasteiger partial charge in [0.15, 0.2) is 0 Å². The van der Waals surface area contributed by atoms with Crippen LogP contribution in [0.1, 0.15) is 58.7 Å². The van der Waals surface area contributed by atoms with E-state index in [0.29, 0.717) is 16.6 Å². The number of aliphatic imine (C=N–C) groups is 1. The fraction of sp³-hybridized carbons (Fsp3) is 0.400. The molecule has 0 aromatic heterocycles. The van der Waals surface area contributed by atoms with Gasteiger partial charge in [-0.2, -0.15) is 0 Å². The van der Waals surface area contributed by atoms with Gasteiger partial charge in [0.2, 0.25) is 0 Å². The van der Waals surface area contributed by atoms with Gasteiger partial charge in [0.1, 0.15) is 14.1 Å². The maximum Gasteiger partial charge on any atom is 0.146 e. The van der Waals surface area contributed by atoms with Crippen molar-refractivity contribution in [3.63, 3.8) is 0 Å². The van der Waals surface area contributed by atoms with Gasteiger partial charge >= 0.3 is 0 Å². The van der Waals surface area contributed by atoms with Gasteiger partial charge in [-0.05, 0) is 27.8 Å². The molecule has 1 nitrogen and oxygen atoms in total. The van der Waals surface area contributed by atoms with Gasteiger partial charge in [0.05, 0.1) is 6.21 Å². The summed E-state index contributed by atoms with van der Waals surface area (Å²) in [6, 6.07) is 20.9. The van der Waals surface area contributed by atoms with Crippen molar-refractivity contribution in [1.82, 2.24) is 0 Å². The largest absolute Gasteiger partial charge is 0.271 e. The van der Waals surface area contributed by atoms with E-state index in [1.165, 1.54) is 11.1 Å². The molecule has 0 amide bonds. The first-order chi connectivity index (χ1) is 12.9. The average Bonchev–Trinajstić information content (AvgIpc) is 2.65. The second-order valence-corrected chi connectivity index (χ2v) is 13.7. The van der Waals surface area contributed by atoms with Crippen LogP contribution in [0, 0.1) is 11.5 Å². The molecule has 2 rings (SSSR count). The summed E-state index contributed by atoms with van der Waals surface area (Å²) in [6.45, 7) is 14.1. The molecule has 2 heteroatoms. The van der Waals surface area contributed by atoms with Gasteiger partial charge in [-0.25, -0.2) is 0 Å². The molecule has 0 aliphatic heterocycles. The topological polar surface area (TPSA) is 12.4 Å². The van der Waals surface area contributed by atoms with Gasteiger partial charge in [0, 0.05) is 0 Å². The third-order valence-corrected chi connectivity index (χ3v) is 12.0. The molecule has 142 valence electrons. The van der Waals surface area contributed by atoms with Crippen LogP contribution in [0.2, 0.25) is 16.6 Å². The van der Waals surface area contributed by atoms with Crippen molar-refractivity contribution in [2.24, 2.45) is 4.99 Å². The highest BCUT2D eigenvalue weighted by atomic mass is 28.3. The SMILES string of the molecule is CC(C)[Si](C#CC=NC(c1ccccc1)c1ccccc1)(C(C)C)C(C)C. The van der Waals surface area contributed by atoms with Crippen LogP contribution in [0.4, 0.5) is 0 Å². The Morgan fingerprint density at radius 3 is 1.48 bits per heavy atom. The van der Waals surface area contributed by atoms with Gasteiger partial charge in [-0.3, -0.25) is 4.99 Å². The highest BCUT2D eigenvalue weighted by molar-refractivity contribution is 6.90. The van der Waals surface area contributed by atoms with Crippen LogP contribution in [0.5, 0.6) is 0 Å². The van der Waals surface area contributed by atoms with Gasteiger partial charge in [0.25, 0.3) is 0 Å². The van der Waals surface area contributed by atoms with E-state index < -0.39 is 8.07 Å². The smallest absolute Gasteiger partial charge is 0.146 e. The van der Waals surface area contributed by atoms with Crippen molar-refractivity contribution in [3.8, 4) is 11.5 Å². The molecule has 0 fully saturated rings. The third-order valence-electron chi connectivity index (χ3n) is 5.67. The normalized spacial score (nSPS) is 12.2. The van der Waals surface area contributed by atoms with Crippen LogP contribution in [-0.4, -0.2) is 14.3 Å². The van der Waals surface area contributed by atoms with E-state index in [4.69, 9.17) is 4.99 Å². The first-order valence-electron chi connectivity index (χ1n) is 10.0. The predicted molar refractivity (Wildman–Crippen MR) is 122 cm³/mol. The lowest BCUT2D eigenvalue weighted by Crippen LogP contribution is -2.43. The van der Waals surface area contributed by atoms with Crippen molar-refractivity contribution in [2.45, 2.75) is 64.2 Å². The molecule has 0 atom stereocenters. The number of hydrogen-bond donors (Lipinski definition) is 0. The second-order valence-electron chi connectivity index (χ2n) is 8.17. The third kappa shape index (κ3) is 4.99. The van der Waals surface area contributed by atoms with Crippen LogP contribution in [-0.2, 0) is 0 Å². The van der Waals surface area contributed by atoms with Gasteiger partial charge in [-0.15, -0.1) is 5.54 Å². The summed E-state index contributed by atoms with van der Waals surface area (Å²) >= 11 is 0. The standard InChI is InChI=1S/C25H33NSi/c1-20(2)27(21(3)4,22(5)6)19-13-18-26-25(23-14-9-7-10-15-23)24-16-11-8-12-17-24/h7-12,14-18,20-22,25H,1-6H3. The monoisotopic (exact) mass is 375 g/mol. The number of rotatable bonds is 6. The van der Waals surface area contributed by atoms with Crippen molar-refractivity contribution in [1.29, 1.82) is 0 Å². The molecule has 27 heavy (non-hydrogen) atoms. The molecule has 0 N–H and O–H groups in total. The maximum absolute atomic E-state index is 4.87. The fourth-order valence-electron chi connectivity index (χ4n) is 4.34. The van der Waals surface area contributed by atoms with E-state index in [-0.39, 0.29) is 6.04 Å². The van der Waals surface area contributed by atoms with Gasteiger partial charge in [-0.1, -0.05) is 108 Å². The van der Waals surface area contributed by atoms with E-state index in [9.17, 15) is 0 Å². The Morgan fingerprint density at radius 2 is 1.11 bits per heavy atom. The second kappa shape index (κ2) is 9.72. The Balaban J connectivity index is 2.37. The van der Waals surface area contributed by atoms with Crippen molar-refractivity contribution in [3.05, 3.63) is 71.8 Å². The Bertz CT molecular complexity index is 718. The number of nitrogens with zero attached hydrogens (tertiary/aromatic N) is 1. The van der Waals surface area contributed by atoms with Crippen LogP contribution < -0.4 is 0 Å². The van der Waals surface area contributed by atoms with E-state index in [0.717, 1.165) is 0 Å². The summed E-state index contributed by atoms with van der Waals surface area (Å²) < 4.78 is 0. The maximum atomic E-state index is 4.87. The van der Waals surface area contributed by atoms with E-state index in [1.54, 1.807) is 0 Å². The summed E-state index contributed by atoms with van der Waals surface area (Å²) in [7, 11) is -1.71. The Hall–Kier alpha value is -2.11. The molecule has 2 aromatic carbocycles. The molecular formula is C25H33NSi. The molecule has 0 bridgehead atoms. The Morgan fingerprint density at radius 1 is 0.704 bits per heavy atom. The lowest BCUT2D eigenvalue weighted by molar-refractivity contribution is 0.838. The molecule has 0 radical (unpaired) electrons. The van der Waals surface area contributed by atoms with Gasteiger partial charge < -0.3 is 0 Å². The zero-order chi connectivity index (χ0) is 19.9. The lowest BCUT2D eigenvalue weighted by Gasteiger charge is -2.37. The molecule has 0 unspecified atom stereocenters. The highest BCUT2D eigenvalue weighted by Gasteiger charge is 2.41. The van der Waals surface area contributed by atoms with Crippen LogP contribution in [0.3, 0.4) is 0 Å². The van der Waals surface area contributed by atoms with E-state index in [2.05, 4.69) is 102 Å². The average molecular weight is 376 g/mol. The lowest BCUT2D eigenvalue weighted by atomic mass is 9.99. The summed E-state index contributed by atoms with van der Waals surface area (Å²) in [5, 5.41) is 0. The molecule has 2 aromatic rings.